The fourth-order valence-electron chi connectivity index (χ4n) is 3.20. The molecule has 0 unspecified atom stereocenters. The van der Waals surface area contributed by atoms with Crippen molar-refractivity contribution in [3.8, 4) is 22.3 Å². The number of halogens is 3. The van der Waals surface area contributed by atoms with Gasteiger partial charge in [0.1, 0.15) is 0 Å². The van der Waals surface area contributed by atoms with Crippen molar-refractivity contribution in [3.05, 3.63) is 81.3 Å². The molecule has 0 spiro atoms. The molecular weight excluding hydrogens is 400 g/mol. The molecule has 28 heavy (non-hydrogen) atoms. The van der Waals surface area contributed by atoms with E-state index in [9.17, 15) is 9.18 Å². The van der Waals surface area contributed by atoms with Crippen LogP contribution in [0.1, 0.15) is 6.42 Å². The molecule has 2 aromatic heterocycles. The fraction of sp³-hybridized carbons (Fsp3) is 0.143. The van der Waals surface area contributed by atoms with E-state index in [2.05, 4.69) is 5.10 Å². The van der Waals surface area contributed by atoms with Crippen LogP contribution in [0, 0.1) is 0 Å². The predicted octanol–water partition coefficient (Wildman–Crippen LogP) is 5.50. The summed E-state index contributed by atoms with van der Waals surface area (Å²) >= 11 is 12.1. The first-order valence-corrected chi connectivity index (χ1v) is 9.54. The summed E-state index contributed by atoms with van der Waals surface area (Å²) in [7, 11) is 0. The first-order valence-electron chi connectivity index (χ1n) is 8.78. The highest BCUT2D eigenvalue weighted by Gasteiger charge is 2.17. The standard InChI is InChI=1S/C21H16Cl2FN3O/c22-16-6-2-14(3-7-16)18-10-13-26-20(25-27(21(26)28)12-1-11-24)19(18)15-4-8-17(23)9-5-15/h2-10,13H,1,11-12H2. The second kappa shape index (κ2) is 7.78. The van der Waals surface area contributed by atoms with Crippen LogP contribution in [0.4, 0.5) is 4.39 Å². The summed E-state index contributed by atoms with van der Waals surface area (Å²) in [5.74, 6) is 0. The molecule has 4 nitrogen and oxygen atoms in total. The van der Waals surface area contributed by atoms with E-state index in [0.29, 0.717) is 15.7 Å². The molecule has 0 saturated carbocycles. The predicted molar refractivity (Wildman–Crippen MR) is 111 cm³/mol. The van der Waals surface area contributed by atoms with Gasteiger partial charge in [0.2, 0.25) is 0 Å². The second-order valence-electron chi connectivity index (χ2n) is 6.36. The molecule has 0 aliphatic rings. The van der Waals surface area contributed by atoms with Crippen molar-refractivity contribution < 1.29 is 4.39 Å². The first kappa shape index (κ1) is 18.7. The van der Waals surface area contributed by atoms with Crippen LogP contribution in [0.15, 0.2) is 65.6 Å². The summed E-state index contributed by atoms with van der Waals surface area (Å²) in [4.78, 5) is 12.7. The summed E-state index contributed by atoms with van der Waals surface area (Å²) in [6.45, 7) is -0.270. The molecular formula is C21H16Cl2FN3O. The lowest BCUT2D eigenvalue weighted by Gasteiger charge is -2.11. The molecule has 0 radical (unpaired) electrons. The number of hydrogen-bond donors (Lipinski definition) is 0. The van der Waals surface area contributed by atoms with Crippen LogP contribution in [0.3, 0.4) is 0 Å². The minimum absolute atomic E-state index is 0.230. The van der Waals surface area contributed by atoms with Gasteiger partial charge in [-0.05, 0) is 53.4 Å². The highest BCUT2D eigenvalue weighted by Crippen LogP contribution is 2.35. The molecule has 0 aliphatic carbocycles. The normalized spacial score (nSPS) is 11.2. The van der Waals surface area contributed by atoms with Crippen LogP contribution in [-0.4, -0.2) is 20.9 Å². The van der Waals surface area contributed by atoms with E-state index in [0.717, 1.165) is 22.3 Å². The van der Waals surface area contributed by atoms with Crippen molar-refractivity contribution in [2.75, 3.05) is 6.67 Å². The zero-order chi connectivity index (χ0) is 19.7. The Morgan fingerprint density at radius 2 is 1.50 bits per heavy atom. The van der Waals surface area contributed by atoms with Crippen LogP contribution in [0.25, 0.3) is 27.9 Å². The van der Waals surface area contributed by atoms with Gasteiger partial charge < -0.3 is 0 Å². The molecule has 2 heterocycles. The Bertz CT molecular complexity index is 1180. The third-order valence-electron chi connectivity index (χ3n) is 4.55. The van der Waals surface area contributed by atoms with Crippen molar-refractivity contribution in [2.45, 2.75) is 13.0 Å². The number of aromatic nitrogens is 3. The zero-order valence-corrected chi connectivity index (χ0v) is 16.3. The smallest absolute Gasteiger partial charge is 0.251 e. The summed E-state index contributed by atoms with van der Waals surface area (Å²) < 4.78 is 15.4. The van der Waals surface area contributed by atoms with Gasteiger partial charge in [0.05, 0.1) is 6.67 Å². The third-order valence-corrected chi connectivity index (χ3v) is 5.05. The summed E-state index contributed by atoms with van der Waals surface area (Å²) in [5.41, 5.74) is 3.76. The molecule has 0 saturated heterocycles. The maximum absolute atomic E-state index is 12.7. The first-order chi connectivity index (χ1) is 13.6. The number of nitrogens with zero attached hydrogens (tertiary/aromatic N) is 3. The van der Waals surface area contributed by atoms with Gasteiger partial charge in [0.15, 0.2) is 5.65 Å². The Morgan fingerprint density at radius 3 is 2.11 bits per heavy atom. The van der Waals surface area contributed by atoms with Crippen molar-refractivity contribution in [2.24, 2.45) is 0 Å². The SMILES string of the molecule is O=c1n(CCCF)nc2c(-c3ccc(Cl)cc3)c(-c3ccc(Cl)cc3)ccn12. The van der Waals surface area contributed by atoms with E-state index in [4.69, 9.17) is 23.2 Å². The van der Waals surface area contributed by atoms with Gasteiger partial charge in [0.25, 0.3) is 0 Å². The van der Waals surface area contributed by atoms with Gasteiger partial charge in [-0.1, -0.05) is 47.5 Å². The Balaban J connectivity index is 2.00. The van der Waals surface area contributed by atoms with E-state index in [-0.39, 0.29) is 18.7 Å². The van der Waals surface area contributed by atoms with Crippen molar-refractivity contribution in [3.63, 3.8) is 0 Å². The lowest BCUT2D eigenvalue weighted by molar-refractivity contribution is 0.430. The Labute approximate surface area is 170 Å². The van der Waals surface area contributed by atoms with E-state index < -0.39 is 6.67 Å². The molecule has 4 aromatic rings. The average Bonchev–Trinajstić information content (AvgIpc) is 3.03. The maximum atomic E-state index is 12.7. The maximum Gasteiger partial charge on any atom is 0.350 e. The van der Waals surface area contributed by atoms with Crippen LogP contribution < -0.4 is 5.69 Å². The molecule has 0 fully saturated rings. The zero-order valence-electron chi connectivity index (χ0n) is 14.8. The van der Waals surface area contributed by atoms with E-state index in [1.165, 1.54) is 9.08 Å². The number of hydrogen-bond acceptors (Lipinski definition) is 2. The van der Waals surface area contributed by atoms with Gasteiger partial charge in [-0.15, -0.1) is 5.10 Å². The topological polar surface area (TPSA) is 39.3 Å². The third kappa shape index (κ3) is 3.43. The molecule has 7 heteroatoms. The van der Waals surface area contributed by atoms with E-state index in [1.54, 1.807) is 18.3 Å². The quantitative estimate of drug-likeness (QED) is 0.431. The number of pyridine rings is 1. The molecule has 0 atom stereocenters. The second-order valence-corrected chi connectivity index (χ2v) is 7.23. The van der Waals surface area contributed by atoms with Crippen molar-refractivity contribution >= 4 is 28.8 Å². The summed E-state index contributed by atoms with van der Waals surface area (Å²) in [5, 5.41) is 5.76. The molecule has 0 bridgehead atoms. The number of alkyl halides is 1. The van der Waals surface area contributed by atoms with Crippen LogP contribution in [0.2, 0.25) is 10.0 Å². The monoisotopic (exact) mass is 415 g/mol. The Hall–Kier alpha value is -2.63. The van der Waals surface area contributed by atoms with Crippen LogP contribution in [0.5, 0.6) is 0 Å². The van der Waals surface area contributed by atoms with E-state index in [1.807, 2.05) is 42.5 Å². The highest BCUT2D eigenvalue weighted by molar-refractivity contribution is 6.31. The van der Waals surface area contributed by atoms with Gasteiger partial charge >= 0.3 is 5.69 Å². The van der Waals surface area contributed by atoms with Gasteiger partial charge in [-0.3, -0.25) is 4.39 Å². The summed E-state index contributed by atoms with van der Waals surface area (Å²) in [6.07, 6.45) is 1.93. The van der Waals surface area contributed by atoms with Crippen molar-refractivity contribution in [1.29, 1.82) is 0 Å². The minimum atomic E-state index is -0.500. The van der Waals surface area contributed by atoms with Gasteiger partial charge in [-0.25, -0.2) is 13.9 Å². The van der Waals surface area contributed by atoms with Gasteiger partial charge in [-0.2, -0.15) is 0 Å². The average molecular weight is 416 g/mol. The number of rotatable bonds is 5. The minimum Gasteiger partial charge on any atom is -0.251 e. The molecule has 0 amide bonds. The number of aryl methyl sites for hydroxylation is 1. The fourth-order valence-corrected chi connectivity index (χ4v) is 3.46. The lowest BCUT2D eigenvalue weighted by atomic mass is 9.96. The Kier molecular flexibility index (Phi) is 5.20. The summed E-state index contributed by atoms with van der Waals surface area (Å²) in [6, 6.07) is 16.7. The molecule has 0 aliphatic heterocycles. The molecule has 142 valence electrons. The lowest BCUT2D eigenvalue weighted by Crippen LogP contribution is -2.21. The van der Waals surface area contributed by atoms with E-state index >= 15 is 0 Å². The molecule has 4 rings (SSSR count). The number of benzene rings is 2. The van der Waals surface area contributed by atoms with Gasteiger partial charge in [0, 0.05) is 28.4 Å². The molecule has 0 N–H and O–H groups in total. The molecule has 2 aromatic carbocycles. The largest absolute Gasteiger partial charge is 0.350 e. The van der Waals surface area contributed by atoms with Crippen LogP contribution >= 0.6 is 23.2 Å². The van der Waals surface area contributed by atoms with Crippen molar-refractivity contribution in [1.82, 2.24) is 14.2 Å². The van der Waals surface area contributed by atoms with Crippen LogP contribution in [-0.2, 0) is 6.54 Å². The number of fused-ring (bicyclic) bond motifs is 1. The Morgan fingerprint density at radius 1 is 0.893 bits per heavy atom. The highest BCUT2D eigenvalue weighted by atomic mass is 35.5.